The third kappa shape index (κ3) is 1.26. The minimum Gasteiger partial charge on any atom is -0.543 e. The highest BCUT2D eigenvalue weighted by Crippen LogP contribution is 1.80. The predicted molar refractivity (Wildman–Crippen MR) is 36.6 cm³/mol. The molecule has 0 aromatic carbocycles. The SMILES string of the molecule is Cn1c(=O)cc(C(=O)[O-])[nH]c1=O. The Morgan fingerprint density at radius 1 is 1.58 bits per heavy atom. The predicted octanol–water partition coefficient (Wildman–Crippen LogP) is -2.56. The molecule has 0 bridgehead atoms. The van der Waals surface area contributed by atoms with Crippen molar-refractivity contribution in [1.29, 1.82) is 0 Å². The van der Waals surface area contributed by atoms with Crippen molar-refractivity contribution in [3.05, 3.63) is 32.6 Å². The lowest BCUT2D eigenvalue weighted by Crippen LogP contribution is -2.36. The first-order valence-corrected chi connectivity index (χ1v) is 3.04. The Labute approximate surface area is 66.1 Å². The fraction of sp³-hybridized carbons (Fsp3) is 0.167. The molecule has 64 valence electrons. The van der Waals surface area contributed by atoms with Gasteiger partial charge in [-0.1, -0.05) is 0 Å². The summed E-state index contributed by atoms with van der Waals surface area (Å²) in [6.45, 7) is 0. The monoisotopic (exact) mass is 169 g/mol. The van der Waals surface area contributed by atoms with Crippen LogP contribution in [-0.4, -0.2) is 15.5 Å². The van der Waals surface area contributed by atoms with E-state index in [1.165, 1.54) is 7.05 Å². The zero-order valence-corrected chi connectivity index (χ0v) is 6.16. The van der Waals surface area contributed by atoms with Crippen molar-refractivity contribution in [2.24, 2.45) is 7.05 Å². The molecular formula is C6H5N2O4-. The number of rotatable bonds is 1. The average molecular weight is 169 g/mol. The van der Waals surface area contributed by atoms with E-state index in [-0.39, 0.29) is 0 Å². The minimum atomic E-state index is -1.58. The Bertz CT molecular complexity index is 397. The van der Waals surface area contributed by atoms with Crippen LogP contribution in [0.15, 0.2) is 15.7 Å². The third-order valence-corrected chi connectivity index (χ3v) is 1.36. The normalized spacial score (nSPS) is 9.75. The smallest absolute Gasteiger partial charge is 0.328 e. The van der Waals surface area contributed by atoms with Crippen LogP contribution in [0.2, 0.25) is 0 Å². The number of aromatic nitrogens is 2. The van der Waals surface area contributed by atoms with E-state index < -0.39 is 22.9 Å². The molecule has 1 aromatic heterocycles. The molecule has 1 N–H and O–H groups in total. The van der Waals surface area contributed by atoms with Crippen LogP contribution in [0.3, 0.4) is 0 Å². The second kappa shape index (κ2) is 2.65. The minimum absolute atomic E-state index is 0.511. The summed E-state index contributed by atoms with van der Waals surface area (Å²) in [4.78, 5) is 33.7. The fourth-order valence-electron chi connectivity index (χ4n) is 0.665. The Hall–Kier alpha value is -1.85. The molecule has 0 atom stereocenters. The number of carboxylic acids is 1. The van der Waals surface area contributed by atoms with E-state index >= 15 is 0 Å². The lowest BCUT2D eigenvalue weighted by molar-refractivity contribution is -0.255. The first kappa shape index (κ1) is 8.25. The van der Waals surface area contributed by atoms with Gasteiger partial charge in [-0.3, -0.25) is 9.36 Å². The third-order valence-electron chi connectivity index (χ3n) is 1.36. The van der Waals surface area contributed by atoms with Gasteiger partial charge in [-0.15, -0.1) is 0 Å². The van der Waals surface area contributed by atoms with Gasteiger partial charge in [0.15, 0.2) is 0 Å². The van der Waals surface area contributed by atoms with Gasteiger partial charge in [-0.05, 0) is 0 Å². The first-order valence-electron chi connectivity index (χ1n) is 3.04. The highest BCUT2D eigenvalue weighted by Gasteiger charge is 1.99. The second-order valence-corrected chi connectivity index (χ2v) is 2.17. The van der Waals surface area contributed by atoms with Gasteiger partial charge in [-0.2, -0.15) is 0 Å². The number of aromatic carboxylic acids is 1. The molecule has 0 radical (unpaired) electrons. The number of hydrogen-bond donors (Lipinski definition) is 1. The summed E-state index contributed by atoms with van der Waals surface area (Å²) in [6, 6.07) is 0.788. The Balaban J connectivity index is 3.52. The Morgan fingerprint density at radius 2 is 2.17 bits per heavy atom. The summed E-state index contributed by atoms with van der Waals surface area (Å²) in [5, 5.41) is 10.2. The molecule has 0 fully saturated rings. The maximum atomic E-state index is 10.8. The van der Waals surface area contributed by atoms with E-state index in [0.29, 0.717) is 0 Å². The molecule has 6 nitrogen and oxygen atoms in total. The lowest BCUT2D eigenvalue weighted by atomic mass is 10.4. The summed E-state index contributed by atoms with van der Waals surface area (Å²) in [5.74, 6) is -1.58. The van der Waals surface area contributed by atoms with Crippen molar-refractivity contribution in [2.75, 3.05) is 0 Å². The lowest BCUT2D eigenvalue weighted by Gasteiger charge is -2.01. The molecule has 1 rings (SSSR count). The van der Waals surface area contributed by atoms with E-state index in [1.807, 2.05) is 4.98 Å². The van der Waals surface area contributed by atoms with Crippen LogP contribution >= 0.6 is 0 Å². The van der Waals surface area contributed by atoms with E-state index in [0.717, 1.165) is 10.6 Å². The van der Waals surface area contributed by atoms with Crippen LogP contribution in [-0.2, 0) is 7.05 Å². The van der Waals surface area contributed by atoms with Crippen molar-refractivity contribution in [3.63, 3.8) is 0 Å². The number of carboxylic acid groups (broad SMARTS) is 1. The molecular weight excluding hydrogens is 164 g/mol. The highest BCUT2D eigenvalue weighted by molar-refractivity contribution is 5.82. The van der Waals surface area contributed by atoms with Gasteiger partial charge in [0.05, 0.1) is 11.7 Å². The standard InChI is InChI=1S/C6H6N2O4/c1-8-4(9)2-3(5(10)11)7-6(8)12/h2H,1H3,(H,7,12)(H,10,11)/p-1. The molecule has 0 aliphatic carbocycles. The number of aromatic amines is 1. The molecule has 0 aliphatic heterocycles. The zero-order valence-electron chi connectivity index (χ0n) is 6.16. The summed E-state index contributed by atoms with van der Waals surface area (Å²) < 4.78 is 0.756. The summed E-state index contributed by atoms with van der Waals surface area (Å²) in [5.41, 5.74) is -1.97. The van der Waals surface area contributed by atoms with Gasteiger partial charge >= 0.3 is 5.69 Å². The number of nitrogens with zero attached hydrogens (tertiary/aromatic N) is 1. The van der Waals surface area contributed by atoms with Gasteiger partial charge < -0.3 is 14.9 Å². The van der Waals surface area contributed by atoms with Crippen molar-refractivity contribution in [1.82, 2.24) is 9.55 Å². The zero-order chi connectivity index (χ0) is 9.30. The number of carbonyl (C=O) groups is 1. The van der Waals surface area contributed by atoms with Crippen molar-refractivity contribution >= 4 is 5.97 Å². The van der Waals surface area contributed by atoms with Crippen LogP contribution in [0, 0.1) is 0 Å². The number of nitrogens with one attached hydrogen (secondary N) is 1. The fourth-order valence-corrected chi connectivity index (χ4v) is 0.665. The van der Waals surface area contributed by atoms with Gasteiger partial charge in [0.2, 0.25) is 0 Å². The van der Waals surface area contributed by atoms with Gasteiger partial charge in [0.1, 0.15) is 0 Å². The van der Waals surface area contributed by atoms with Crippen LogP contribution in [0.25, 0.3) is 0 Å². The number of H-pyrrole nitrogens is 1. The molecule has 1 heterocycles. The van der Waals surface area contributed by atoms with Crippen molar-refractivity contribution in [2.45, 2.75) is 0 Å². The summed E-state index contributed by atoms with van der Waals surface area (Å²) >= 11 is 0. The summed E-state index contributed by atoms with van der Waals surface area (Å²) in [7, 11) is 1.24. The summed E-state index contributed by atoms with van der Waals surface area (Å²) in [6.07, 6.45) is 0. The maximum Gasteiger partial charge on any atom is 0.328 e. The molecule has 1 aromatic rings. The highest BCUT2D eigenvalue weighted by atomic mass is 16.4. The molecule has 0 amide bonds. The number of carbonyl (C=O) groups excluding carboxylic acids is 1. The van der Waals surface area contributed by atoms with E-state index in [1.54, 1.807) is 0 Å². The molecule has 0 spiro atoms. The van der Waals surface area contributed by atoms with Gasteiger partial charge in [0, 0.05) is 13.1 Å². The largest absolute Gasteiger partial charge is 0.543 e. The first-order chi connectivity index (χ1) is 5.52. The van der Waals surface area contributed by atoms with Crippen LogP contribution < -0.4 is 16.4 Å². The van der Waals surface area contributed by atoms with Crippen LogP contribution in [0.4, 0.5) is 0 Å². The Morgan fingerprint density at radius 3 is 2.58 bits per heavy atom. The van der Waals surface area contributed by atoms with Crippen LogP contribution in [0.1, 0.15) is 10.5 Å². The van der Waals surface area contributed by atoms with E-state index in [9.17, 15) is 19.5 Å². The van der Waals surface area contributed by atoms with Crippen molar-refractivity contribution < 1.29 is 9.90 Å². The van der Waals surface area contributed by atoms with E-state index in [2.05, 4.69) is 0 Å². The molecule has 12 heavy (non-hydrogen) atoms. The quantitative estimate of drug-likeness (QED) is 0.500. The molecule has 6 heteroatoms. The topological polar surface area (TPSA) is 95.0 Å². The van der Waals surface area contributed by atoms with Crippen molar-refractivity contribution in [3.8, 4) is 0 Å². The number of hydrogen-bond acceptors (Lipinski definition) is 4. The molecule has 0 saturated carbocycles. The molecule has 0 saturated heterocycles. The van der Waals surface area contributed by atoms with Crippen LogP contribution in [0.5, 0.6) is 0 Å². The maximum absolute atomic E-state index is 10.8. The van der Waals surface area contributed by atoms with E-state index in [4.69, 9.17) is 0 Å². The average Bonchev–Trinajstić information content (AvgIpc) is 1.99. The van der Waals surface area contributed by atoms with Gasteiger partial charge in [0.25, 0.3) is 5.56 Å². The Kier molecular flexibility index (Phi) is 1.82. The molecule has 0 aliphatic rings. The van der Waals surface area contributed by atoms with Gasteiger partial charge in [-0.25, -0.2) is 4.79 Å². The molecule has 0 unspecified atom stereocenters. The second-order valence-electron chi connectivity index (χ2n) is 2.17.